The van der Waals surface area contributed by atoms with Crippen molar-refractivity contribution in [2.45, 2.75) is 23.9 Å². The van der Waals surface area contributed by atoms with E-state index in [9.17, 15) is 4.79 Å². The van der Waals surface area contributed by atoms with Gasteiger partial charge >= 0.3 is 0 Å². The average molecular weight is 451 g/mol. The number of hydrogen-bond donors (Lipinski definition) is 1. The third-order valence-corrected chi connectivity index (χ3v) is 5.79. The summed E-state index contributed by atoms with van der Waals surface area (Å²) in [6, 6.07) is 19.2. The monoisotopic (exact) mass is 450 g/mol. The van der Waals surface area contributed by atoms with Gasteiger partial charge in [0.25, 0.3) is 0 Å². The molecule has 2 aromatic carbocycles. The van der Waals surface area contributed by atoms with Gasteiger partial charge in [0.2, 0.25) is 11.9 Å². The predicted molar refractivity (Wildman–Crippen MR) is 122 cm³/mol. The molecule has 1 atom stereocenters. The Hall–Kier alpha value is -3.23. The first-order chi connectivity index (χ1) is 15.1. The van der Waals surface area contributed by atoms with Crippen LogP contribution in [0.25, 0.3) is 11.4 Å². The average Bonchev–Trinajstić information content (AvgIpc) is 3.17. The van der Waals surface area contributed by atoms with Gasteiger partial charge in [-0.05, 0) is 42.8 Å². The largest absolute Gasteiger partial charge is 0.298 e. The molecule has 0 radical (unpaired) electrons. The molecule has 0 aliphatic rings. The number of nitrogens with zero attached hydrogens (tertiary/aromatic N) is 5. The highest BCUT2D eigenvalue weighted by Gasteiger charge is 2.21. The molecule has 1 unspecified atom stereocenters. The molecule has 0 bridgehead atoms. The Labute approximate surface area is 188 Å². The molecule has 0 aliphatic carbocycles. The van der Waals surface area contributed by atoms with Crippen LogP contribution >= 0.6 is 23.4 Å². The zero-order valence-electron chi connectivity index (χ0n) is 16.6. The Morgan fingerprint density at radius 3 is 2.45 bits per heavy atom. The van der Waals surface area contributed by atoms with E-state index >= 15 is 0 Å². The zero-order valence-corrected chi connectivity index (χ0v) is 18.2. The molecule has 0 saturated carbocycles. The summed E-state index contributed by atoms with van der Waals surface area (Å²) in [5, 5.41) is 12.4. The number of halogens is 1. The molecule has 2 heterocycles. The molecule has 0 fully saturated rings. The first-order valence-corrected chi connectivity index (χ1v) is 10.8. The van der Waals surface area contributed by atoms with Gasteiger partial charge < -0.3 is 0 Å². The van der Waals surface area contributed by atoms with Gasteiger partial charge in [0.1, 0.15) is 0 Å². The number of nitrogens with one attached hydrogen (secondary N) is 1. The van der Waals surface area contributed by atoms with Crippen LogP contribution < -0.4 is 5.32 Å². The summed E-state index contributed by atoms with van der Waals surface area (Å²) in [4.78, 5) is 20.7. The van der Waals surface area contributed by atoms with E-state index in [0.717, 1.165) is 11.1 Å². The van der Waals surface area contributed by atoms with E-state index in [-0.39, 0.29) is 11.9 Å². The van der Waals surface area contributed by atoms with Crippen LogP contribution in [0, 0.1) is 0 Å². The minimum absolute atomic E-state index is 0.210. The van der Waals surface area contributed by atoms with E-state index in [4.69, 9.17) is 11.6 Å². The van der Waals surface area contributed by atoms with E-state index in [1.54, 1.807) is 18.5 Å². The van der Waals surface area contributed by atoms with E-state index in [1.807, 2.05) is 66.1 Å². The van der Waals surface area contributed by atoms with E-state index in [0.29, 0.717) is 22.5 Å². The number of aromatic nitrogens is 5. The summed E-state index contributed by atoms with van der Waals surface area (Å²) in [7, 11) is 0. The lowest BCUT2D eigenvalue weighted by atomic mass is 10.2. The molecule has 31 heavy (non-hydrogen) atoms. The summed E-state index contributed by atoms with van der Waals surface area (Å²) in [5.41, 5.74) is 2.00. The Morgan fingerprint density at radius 2 is 1.74 bits per heavy atom. The van der Waals surface area contributed by atoms with Gasteiger partial charge in [-0.2, -0.15) is 0 Å². The topological polar surface area (TPSA) is 85.6 Å². The molecule has 0 aliphatic heterocycles. The van der Waals surface area contributed by atoms with E-state index in [1.165, 1.54) is 11.8 Å². The predicted octanol–water partition coefficient (Wildman–Crippen LogP) is 4.56. The maximum atomic E-state index is 12.6. The first kappa shape index (κ1) is 21.0. The fourth-order valence-electron chi connectivity index (χ4n) is 2.88. The van der Waals surface area contributed by atoms with Gasteiger partial charge in [0.05, 0.1) is 11.8 Å². The van der Waals surface area contributed by atoms with Crippen LogP contribution in [0.3, 0.4) is 0 Å². The molecule has 4 rings (SSSR count). The third kappa shape index (κ3) is 5.28. The van der Waals surface area contributed by atoms with E-state index < -0.39 is 5.25 Å². The number of benzene rings is 2. The Kier molecular flexibility index (Phi) is 6.59. The first-order valence-electron chi connectivity index (χ1n) is 9.58. The van der Waals surface area contributed by atoms with Gasteiger partial charge in [-0.3, -0.25) is 14.7 Å². The van der Waals surface area contributed by atoms with Gasteiger partial charge in [0, 0.05) is 23.0 Å². The molecule has 7 nitrogen and oxygen atoms in total. The highest BCUT2D eigenvalue weighted by atomic mass is 35.5. The summed E-state index contributed by atoms with van der Waals surface area (Å²) in [6.45, 7) is 2.39. The van der Waals surface area contributed by atoms with Gasteiger partial charge in [-0.15, -0.1) is 10.2 Å². The molecule has 1 amide bonds. The summed E-state index contributed by atoms with van der Waals surface area (Å²) in [6.07, 6.45) is 3.16. The molecule has 156 valence electrons. The van der Waals surface area contributed by atoms with Crippen LogP contribution in [0.5, 0.6) is 0 Å². The van der Waals surface area contributed by atoms with Crippen molar-refractivity contribution in [1.82, 2.24) is 24.7 Å². The van der Waals surface area contributed by atoms with Crippen molar-refractivity contribution >= 4 is 35.2 Å². The molecule has 4 aromatic rings. The fourth-order valence-corrected chi connectivity index (χ4v) is 3.86. The number of thioether (sulfide) groups is 1. The summed E-state index contributed by atoms with van der Waals surface area (Å²) >= 11 is 7.37. The molecule has 0 spiro atoms. The summed E-state index contributed by atoms with van der Waals surface area (Å²) in [5.74, 6) is 0.771. The maximum absolute atomic E-state index is 12.6. The number of rotatable bonds is 7. The lowest BCUT2D eigenvalue weighted by molar-refractivity contribution is -0.115. The normalized spacial score (nSPS) is 11.8. The molecule has 1 N–H and O–H groups in total. The SMILES string of the molecule is CC(Sc1nnc(-c2ccc(Cl)cc2)n1Cc1ccccc1)C(=O)Nc1ncccn1. The van der Waals surface area contributed by atoms with Crippen LogP contribution in [0.1, 0.15) is 12.5 Å². The Bertz CT molecular complexity index is 1150. The number of carbonyl (C=O) groups excluding carboxylic acids is 1. The number of hydrogen-bond acceptors (Lipinski definition) is 6. The van der Waals surface area contributed by atoms with Crippen LogP contribution in [0.15, 0.2) is 78.2 Å². The van der Waals surface area contributed by atoms with Crippen LogP contribution in [0.4, 0.5) is 5.95 Å². The second kappa shape index (κ2) is 9.72. The molecule has 2 aromatic heterocycles. The number of carbonyl (C=O) groups is 1. The minimum atomic E-state index is -0.430. The van der Waals surface area contributed by atoms with Crippen LogP contribution in [-0.2, 0) is 11.3 Å². The molecule has 9 heteroatoms. The van der Waals surface area contributed by atoms with Gasteiger partial charge in [0.15, 0.2) is 11.0 Å². The number of anilines is 1. The second-order valence-electron chi connectivity index (χ2n) is 6.71. The van der Waals surface area contributed by atoms with Crippen molar-refractivity contribution in [2.24, 2.45) is 0 Å². The molecule has 0 saturated heterocycles. The van der Waals surface area contributed by atoms with Crippen LogP contribution in [-0.4, -0.2) is 35.9 Å². The number of amides is 1. The van der Waals surface area contributed by atoms with Crippen molar-refractivity contribution in [1.29, 1.82) is 0 Å². The highest BCUT2D eigenvalue weighted by molar-refractivity contribution is 8.00. The quantitative estimate of drug-likeness (QED) is 0.415. The zero-order chi connectivity index (χ0) is 21.6. The van der Waals surface area contributed by atoms with Crippen LogP contribution in [0.2, 0.25) is 5.02 Å². The van der Waals surface area contributed by atoms with Gasteiger partial charge in [-0.1, -0.05) is 53.7 Å². The minimum Gasteiger partial charge on any atom is -0.298 e. The Balaban J connectivity index is 1.60. The van der Waals surface area contributed by atoms with Gasteiger partial charge in [-0.25, -0.2) is 9.97 Å². The standard InChI is InChI=1S/C22H19ClN6OS/c1-15(20(30)26-21-24-12-5-13-25-21)31-22-28-27-19(17-8-10-18(23)11-9-17)29(22)14-16-6-3-2-4-7-16/h2-13,15H,14H2,1H3,(H,24,25,26,30). The smallest absolute Gasteiger partial charge is 0.240 e. The fraction of sp³-hybridized carbons (Fsp3) is 0.136. The lowest BCUT2D eigenvalue weighted by Crippen LogP contribution is -2.24. The molecular weight excluding hydrogens is 432 g/mol. The highest BCUT2D eigenvalue weighted by Crippen LogP contribution is 2.28. The second-order valence-corrected chi connectivity index (χ2v) is 8.45. The summed E-state index contributed by atoms with van der Waals surface area (Å²) < 4.78 is 2.01. The van der Waals surface area contributed by atoms with Crippen molar-refractivity contribution in [3.63, 3.8) is 0 Å². The Morgan fingerprint density at radius 1 is 1.03 bits per heavy atom. The van der Waals surface area contributed by atoms with Crippen molar-refractivity contribution in [3.05, 3.63) is 83.6 Å². The van der Waals surface area contributed by atoms with Crippen molar-refractivity contribution in [3.8, 4) is 11.4 Å². The lowest BCUT2D eigenvalue weighted by Gasteiger charge is -2.13. The van der Waals surface area contributed by atoms with E-state index in [2.05, 4.69) is 25.5 Å². The van der Waals surface area contributed by atoms with Crippen molar-refractivity contribution in [2.75, 3.05) is 5.32 Å². The van der Waals surface area contributed by atoms with Crippen molar-refractivity contribution < 1.29 is 4.79 Å². The molecular formula is C22H19ClN6OS. The maximum Gasteiger partial charge on any atom is 0.240 e. The third-order valence-electron chi connectivity index (χ3n) is 4.45.